The van der Waals surface area contributed by atoms with Gasteiger partial charge in [-0.3, -0.25) is 14.4 Å². The number of ketones is 1. The molecule has 2 aromatic heterocycles. The van der Waals surface area contributed by atoms with Crippen molar-refractivity contribution in [2.24, 2.45) is 0 Å². The van der Waals surface area contributed by atoms with Crippen molar-refractivity contribution in [2.75, 3.05) is 25.1 Å². The Hall–Kier alpha value is -5.28. The number of ether oxygens (including phenoxy) is 3. The topological polar surface area (TPSA) is 145 Å². The first-order valence-electron chi connectivity index (χ1n) is 17.4. The molecule has 0 saturated carbocycles. The molecular weight excluding hydrogens is 724 g/mol. The van der Waals surface area contributed by atoms with Crippen molar-refractivity contribution in [3.05, 3.63) is 95.7 Å². The van der Waals surface area contributed by atoms with E-state index < -0.39 is 54.3 Å². The van der Waals surface area contributed by atoms with E-state index in [9.17, 15) is 23.9 Å². The van der Waals surface area contributed by atoms with Crippen LogP contribution in [0.2, 0.25) is 5.02 Å². The molecule has 0 unspecified atom stereocenters. The summed E-state index contributed by atoms with van der Waals surface area (Å²) in [6.45, 7) is 1.24. The van der Waals surface area contributed by atoms with Gasteiger partial charge < -0.3 is 34.1 Å². The lowest BCUT2D eigenvalue weighted by atomic mass is 10.0. The lowest BCUT2D eigenvalue weighted by Gasteiger charge is -2.24. The van der Waals surface area contributed by atoms with Crippen LogP contribution >= 0.6 is 11.6 Å². The summed E-state index contributed by atoms with van der Waals surface area (Å²) >= 11 is 6.28. The molecule has 0 spiro atoms. The third-order valence-corrected chi connectivity index (χ3v) is 10.4. The van der Waals surface area contributed by atoms with Crippen LogP contribution in [0.25, 0.3) is 33.2 Å². The number of Topliss-reactive ketones (excluding diaryl/α,β-unsaturated/α-hetero) is 1. The first kappa shape index (κ1) is 35.7. The number of rotatable bonds is 9. The first-order chi connectivity index (χ1) is 26.0. The number of likely N-dealkylation sites (tertiary alicyclic amines) is 1. The third-order valence-electron chi connectivity index (χ3n) is 10.1. The minimum Gasteiger partial charge on any atom is -0.455 e. The predicted octanol–water partition coefficient (Wildman–Crippen LogP) is 5.24. The smallest absolute Gasteiger partial charge is 0.316 e. The molecule has 3 fully saturated rings. The number of halogens is 3. The number of benzene rings is 3. The lowest BCUT2D eigenvalue weighted by Crippen LogP contribution is -2.44. The Balaban J connectivity index is 0.985. The average molecular weight is 758 g/mol. The van der Waals surface area contributed by atoms with Crippen LogP contribution in [-0.4, -0.2) is 98.5 Å². The molecule has 54 heavy (non-hydrogen) atoms. The van der Waals surface area contributed by atoms with Gasteiger partial charge in [0.2, 0.25) is 11.8 Å². The van der Waals surface area contributed by atoms with E-state index in [0.717, 1.165) is 4.90 Å². The minimum atomic E-state index is -1.47. The highest BCUT2D eigenvalue weighted by atomic mass is 35.5. The number of anilines is 1. The highest BCUT2D eigenvalue weighted by molar-refractivity contribution is 6.33. The zero-order valence-corrected chi connectivity index (χ0v) is 29.6. The Bertz CT molecular complexity index is 2270. The summed E-state index contributed by atoms with van der Waals surface area (Å²) in [4.78, 5) is 49.8. The second-order valence-corrected chi connectivity index (χ2v) is 14.0. The fourth-order valence-electron chi connectivity index (χ4n) is 7.37. The minimum absolute atomic E-state index is 0.119. The Morgan fingerprint density at radius 3 is 2.54 bits per heavy atom. The van der Waals surface area contributed by atoms with Crippen LogP contribution in [0.5, 0.6) is 6.01 Å². The van der Waals surface area contributed by atoms with E-state index in [2.05, 4.69) is 15.3 Å². The molecule has 278 valence electrons. The Morgan fingerprint density at radius 1 is 1.00 bits per heavy atom. The molecule has 15 heteroatoms. The molecule has 0 bridgehead atoms. The number of fused-ring (bicyclic) bond motifs is 2. The highest BCUT2D eigenvalue weighted by Gasteiger charge is 2.48. The molecule has 3 saturated heterocycles. The van der Waals surface area contributed by atoms with E-state index in [-0.39, 0.29) is 55.8 Å². The van der Waals surface area contributed by atoms with Crippen LogP contribution in [0.3, 0.4) is 0 Å². The molecule has 5 heterocycles. The van der Waals surface area contributed by atoms with E-state index in [1.165, 1.54) is 19.1 Å². The molecule has 3 aliphatic heterocycles. The number of carbonyl (C=O) groups is 3. The number of hydrogen-bond acceptors (Lipinski definition) is 9. The molecule has 3 aliphatic rings. The summed E-state index contributed by atoms with van der Waals surface area (Å²) < 4.78 is 49.1. The van der Waals surface area contributed by atoms with Gasteiger partial charge in [0.05, 0.1) is 25.4 Å². The van der Waals surface area contributed by atoms with Crippen molar-refractivity contribution < 1.29 is 42.5 Å². The van der Waals surface area contributed by atoms with Crippen LogP contribution in [-0.2, 0) is 25.6 Å². The predicted molar refractivity (Wildman–Crippen MR) is 193 cm³/mol. The molecule has 2 amide bonds. The van der Waals surface area contributed by atoms with E-state index in [1.807, 2.05) is 0 Å². The Labute approximate surface area is 312 Å². The van der Waals surface area contributed by atoms with Crippen LogP contribution in [0.15, 0.2) is 79.3 Å². The van der Waals surface area contributed by atoms with E-state index >= 15 is 4.39 Å². The summed E-state index contributed by atoms with van der Waals surface area (Å²) in [6.07, 6.45) is 0.986. The van der Waals surface area contributed by atoms with Crippen LogP contribution < -0.4 is 10.1 Å². The fraction of sp³-hybridized carbons (Fsp3) is 0.308. The summed E-state index contributed by atoms with van der Waals surface area (Å²) in [6, 6.07) is 15.5. The molecule has 12 nitrogen and oxygen atoms in total. The van der Waals surface area contributed by atoms with Crippen LogP contribution in [0.4, 0.5) is 14.5 Å². The van der Waals surface area contributed by atoms with Gasteiger partial charge in [-0.05, 0) is 36.8 Å². The monoisotopic (exact) mass is 757 g/mol. The molecule has 3 aromatic carbocycles. The number of alkyl halides is 1. The van der Waals surface area contributed by atoms with E-state index in [4.69, 9.17) is 25.8 Å². The summed E-state index contributed by atoms with van der Waals surface area (Å²) in [5, 5.41) is 13.4. The van der Waals surface area contributed by atoms with Crippen LogP contribution in [0, 0.1) is 5.82 Å². The Kier molecular flexibility index (Phi) is 9.60. The number of nitrogens with zero attached hydrogens (tertiary/aromatic N) is 4. The molecule has 2 N–H and O–H groups in total. The average Bonchev–Trinajstić information content (AvgIpc) is 3.94. The van der Waals surface area contributed by atoms with Crippen molar-refractivity contribution >= 4 is 45.8 Å². The maximum atomic E-state index is 15.6. The molecule has 6 atom stereocenters. The standard InChI is InChI=1S/C39H34ClF2N5O7/c1-20(48)27-16-46(30-10-9-21(11-26(27)30)22-13-43-39(44-14-22)54-33-19-53-36-32(49)18-52-37(33)36)17-34(50)47-15-23(41)12-31(47)38(51)45-29-8-4-6-25(35(29)42)24-5-2-3-7-28(24)40/h2-11,13-14,16,23,31-33,36-37,49H,12,15,17-19H2,1H3,(H,45,51)/t23-,31+,32-,33-,36-,37-/m1/s1. The van der Waals surface area contributed by atoms with Gasteiger partial charge in [-0.25, -0.2) is 18.7 Å². The Morgan fingerprint density at radius 2 is 1.76 bits per heavy atom. The van der Waals surface area contributed by atoms with Gasteiger partial charge in [0.25, 0.3) is 0 Å². The zero-order valence-electron chi connectivity index (χ0n) is 28.8. The fourth-order valence-corrected chi connectivity index (χ4v) is 7.61. The molecule has 0 aliphatic carbocycles. The van der Waals surface area contributed by atoms with Crippen LogP contribution in [0.1, 0.15) is 23.7 Å². The van der Waals surface area contributed by atoms with Gasteiger partial charge in [-0.1, -0.05) is 48.0 Å². The normalized spacial score (nSPS) is 23.5. The number of aliphatic hydroxyl groups excluding tert-OH is 1. The van der Waals surface area contributed by atoms with Gasteiger partial charge in [-0.2, -0.15) is 0 Å². The zero-order chi connectivity index (χ0) is 37.7. The third kappa shape index (κ3) is 6.70. The summed E-state index contributed by atoms with van der Waals surface area (Å²) in [7, 11) is 0. The van der Waals surface area contributed by atoms with Gasteiger partial charge in [0.1, 0.15) is 37.1 Å². The van der Waals surface area contributed by atoms with Crippen molar-refractivity contribution in [1.82, 2.24) is 19.4 Å². The lowest BCUT2D eigenvalue weighted by molar-refractivity contribution is -0.137. The van der Waals surface area contributed by atoms with Crippen molar-refractivity contribution in [1.29, 1.82) is 0 Å². The van der Waals surface area contributed by atoms with Crippen molar-refractivity contribution in [3.63, 3.8) is 0 Å². The number of aromatic nitrogens is 3. The SMILES string of the molecule is CC(=O)c1cn(CC(=O)N2C[C@H](F)C[C@H]2C(=O)Nc2cccc(-c3ccccc3Cl)c2F)c2ccc(-c3cnc(O[C@@H]4CO[C@H]5[C@@H]4OC[C@H]5O)nc3)cc12. The number of aliphatic hydroxyl groups is 1. The maximum absolute atomic E-state index is 15.6. The van der Waals surface area contributed by atoms with Gasteiger partial charge >= 0.3 is 6.01 Å². The highest BCUT2D eigenvalue weighted by Crippen LogP contribution is 2.34. The molecule has 0 radical (unpaired) electrons. The molecule has 8 rings (SSSR count). The summed E-state index contributed by atoms with van der Waals surface area (Å²) in [5.41, 5.74) is 2.78. The van der Waals surface area contributed by atoms with Gasteiger partial charge in [0.15, 0.2) is 17.7 Å². The van der Waals surface area contributed by atoms with Gasteiger partial charge in [0, 0.05) is 63.2 Å². The summed E-state index contributed by atoms with van der Waals surface area (Å²) in [5.74, 6) is -2.22. The van der Waals surface area contributed by atoms with Crippen molar-refractivity contribution in [2.45, 2.75) is 56.5 Å². The number of carbonyl (C=O) groups excluding carboxylic acids is 3. The van der Waals surface area contributed by atoms with E-state index in [1.54, 1.807) is 71.7 Å². The first-order valence-corrected chi connectivity index (χ1v) is 17.8. The number of hydrogen-bond donors (Lipinski definition) is 2. The second-order valence-electron chi connectivity index (χ2n) is 13.6. The molecule has 5 aromatic rings. The molecular formula is C39H34ClF2N5O7. The number of nitrogens with one attached hydrogen (secondary N) is 1. The van der Waals surface area contributed by atoms with E-state index in [0.29, 0.717) is 38.2 Å². The van der Waals surface area contributed by atoms with Gasteiger partial charge in [-0.15, -0.1) is 0 Å². The second kappa shape index (κ2) is 14.5. The maximum Gasteiger partial charge on any atom is 0.316 e. The quantitative estimate of drug-likeness (QED) is 0.193. The van der Waals surface area contributed by atoms with Crippen molar-refractivity contribution in [3.8, 4) is 28.3 Å². The number of amides is 2. The largest absolute Gasteiger partial charge is 0.455 e.